The number of guanidine groups is 1. The molecule has 144 valence electrons. The fourth-order valence-corrected chi connectivity index (χ4v) is 3.19. The molecule has 1 heterocycles. The molecule has 1 aliphatic rings. The summed E-state index contributed by atoms with van der Waals surface area (Å²) in [6.45, 7) is 8.65. The Morgan fingerprint density at radius 2 is 1.67 bits per heavy atom. The molecule has 1 saturated heterocycles. The van der Waals surface area contributed by atoms with E-state index in [0.717, 1.165) is 37.8 Å². The molecular weight excluding hydrogens is 432 g/mol. The molecule has 8 heteroatoms. The number of aliphatic imine (C=N–C) groups is 1. The Labute approximate surface area is 161 Å². The van der Waals surface area contributed by atoms with Crippen molar-refractivity contribution in [1.82, 2.24) is 15.5 Å². The van der Waals surface area contributed by atoms with Gasteiger partial charge >= 0.3 is 6.18 Å². The second kappa shape index (κ2) is 12.2. The zero-order valence-electron chi connectivity index (χ0n) is 15.0. The van der Waals surface area contributed by atoms with Gasteiger partial charge in [-0.1, -0.05) is 13.8 Å². The first-order chi connectivity index (χ1) is 10.8. The van der Waals surface area contributed by atoms with Crippen molar-refractivity contribution in [3.63, 3.8) is 0 Å². The van der Waals surface area contributed by atoms with Crippen LogP contribution in [0.25, 0.3) is 0 Å². The molecule has 0 spiro atoms. The van der Waals surface area contributed by atoms with Gasteiger partial charge in [0.1, 0.15) is 0 Å². The van der Waals surface area contributed by atoms with Crippen molar-refractivity contribution in [2.45, 2.75) is 45.7 Å². The van der Waals surface area contributed by atoms with Crippen LogP contribution < -0.4 is 10.6 Å². The molecule has 4 nitrogen and oxygen atoms in total. The standard InChI is InChI=1S/C16H31F3N4.HI/c1-13-10-14(2)12-23(11-13)9-5-4-7-21-15(20-3)22-8-6-16(17,18)19;/h13-14H,4-12H2,1-3H3,(H2,20,21,22);1H. The highest BCUT2D eigenvalue weighted by molar-refractivity contribution is 14.0. The van der Waals surface area contributed by atoms with Crippen molar-refractivity contribution < 1.29 is 13.2 Å². The van der Waals surface area contributed by atoms with Gasteiger partial charge in [-0.05, 0) is 37.6 Å². The molecule has 1 rings (SSSR count). The quantitative estimate of drug-likeness (QED) is 0.262. The van der Waals surface area contributed by atoms with E-state index in [4.69, 9.17) is 0 Å². The minimum absolute atomic E-state index is 0. The molecule has 2 N–H and O–H groups in total. The summed E-state index contributed by atoms with van der Waals surface area (Å²) < 4.78 is 36.3. The molecule has 0 aromatic rings. The second-order valence-corrected chi connectivity index (χ2v) is 6.70. The minimum atomic E-state index is -4.13. The summed E-state index contributed by atoms with van der Waals surface area (Å²) in [5.41, 5.74) is 0. The molecule has 0 aromatic heterocycles. The molecule has 24 heavy (non-hydrogen) atoms. The number of nitrogens with one attached hydrogen (secondary N) is 2. The first-order valence-electron chi connectivity index (χ1n) is 8.53. The summed E-state index contributed by atoms with van der Waals surface area (Å²) in [5.74, 6) is 1.98. The van der Waals surface area contributed by atoms with Crippen molar-refractivity contribution >= 4 is 29.9 Å². The van der Waals surface area contributed by atoms with Gasteiger partial charge in [0.05, 0.1) is 6.42 Å². The lowest BCUT2D eigenvalue weighted by molar-refractivity contribution is -0.132. The van der Waals surface area contributed by atoms with E-state index < -0.39 is 12.6 Å². The summed E-state index contributed by atoms with van der Waals surface area (Å²) in [6.07, 6.45) is -1.59. The number of nitrogens with zero attached hydrogens (tertiary/aromatic N) is 2. The van der Waals surface area contributed by atoms with E-state index in [1.165, 1.54) is 19.5 Å². The highest BCUT2D eigenvalue weighted by Gasteiger charge is 2.26. The summed E-state index contributed by atoms with van der Waals surface area (Å²) in [5, 5.41) is 5.75. The van der Waals surface area contributed by atoms with Gasteiger partial charge in [0, 0.05) is 33.2 Å². The second-order valence-electron chi connectivity index (χ2n) is 6.70. The third-order valence-corrected chi connectivity index (χ3v) is 4.06. The number of hydrogen-bond donors (Lipinski definition) is 2. The van der Waals surface area contributed by atoms with Gasteiger partial charge in [0.2, 0.25) is 0 Å². The van der Waals surface area contributed by atoms with E-state index in [1.807, 2.05) is 0 Å². The number of unbranched alkanes of at least 4 members (excludes halogenated alkanes) is 1. The van der Waals surface area contributed by atoms with E-state index in [9.17, 15) is 13.2 Å². The van der Waals surface area contributed by atoms with Crippen LogP contribution in [0.15, 0.2) is 4.99 Å². The van der Waals surface area contributed by atoms with Crippen molar-refractivity contribution in [3.8, 4) is 0 Å². The predicted octanol–water partition coefficient (Wildman–Crippen LogP) is 3.48. The van der Waals surface area contributed by atoms with E-state index in [1.54, 1.807) is 7.05 Å². The highest BCUT2D eigenvalue weighted by Crippen LogP contribution is 2.21. The maximum absolute atomic E-state index is 12.1. The fourth-order valence-electron chi connectivity index (χ4n) is 3.19. The average molecular weight is 464 g/mol. The van der Waals surface area contributed by atoms with Gasteiger partial charge < -0.3 is 15.5 Å². The van der Waals surface area contributed by atoms with Gasteiger partial charge in [0.25, 0.3) is 0 Å². The van der Waals surface area contributed by atoms with Crippen LogP contribution in [0, 0.1) is 11.8 Å². The summed E-state index contributed by atoms with van der Waals surface area (Å²) in [7, 11) is 1.57. The zero-order chi connectivity index (χ0) is 17.3. The third-order valence-electron chi connectivity index (χ3n) is 4.06. The molecule has 1 aliphatic heterocycles. The SMILES string of the molecule is CN=C(NCCCCN1CC(C)CC(C)C1)NCCC(F)(F)F.I. The van der Waals surface area contributed by atoms with Gasteiger partial charge in [-0.2, -0.15) is 13.2 Å². The van der Waals surface area contributed by atoms with Crippen LogP contribution in [-0.2, 0) is 0 Å². The van der Waals surface area contributed by atoms with Crippen molar-refractivity contribution in [2.24, 2.45) is 16.8 Å². The first kappa shape index (κ1) is 23.8. The first-order valence-corrected chi connectivity index (χ1v) is 8.53. The van der Waals surface area contributed by atoms with Crippen LogP contribution in [0.5, 0.6) is 0 Å². The Morgan fingerprint density at radius 3 is 2.21 bits per heavy atom. The molecule has 0 aliphatic carbocycles. The van der Waals surface area contributed by atoms with E-state index in [2.05, 4.69) is 34.4 Å². The lowest BCUT2D eigenvalue weighted by Gasteiger charge is -2.34. The normalized spacial score (nSPS) is 22.8. The van der Waals surface area contributed by atoms with E-state index >= 15 is 0 Å². The number of likely N-dealkylation sites (tertiary alicyclic amines) is 1. The van der Waals surface area contributed by atoms with E-state index in [-0.39, 0.29) is 30.5 Å². The fraction of sp³-hybridized carbons (Fsp3) is 0.938. The van der Waals surface area contributed by atoms with Crippen LogP contribution >= 0.6 is 24.0 Å². The maximum Gasteiger partial charge on any atom is 0.390 e. The largest absolute Gasteiger partial charge is 0.390 e. The Kier molecular flexibility index (Phi) is 12.0. The molecular formula is C16H32F3IN4. The molecule has 0 saturated carbocycles. The molecule has 0 radical (unpaired) electrons. The van der Waals surface area contributed by atoms with Crippen molar-refractivity contribution in [1.29, 1.82) is 0 Å². The number of piperidine rings is 1. The number of alkyl halides is 3. The number of hydrogen-bond acceptors (Lipinski definition) is 2. The van der Waals surface area contributed by atoms with Gasteiger partial charge in [-0.25, -0.2) is 0 Å². The molecule has 2 atom stereocenters. The van der Waals surface area contributed by atoms with Crippen molar-refractivity contribution in [2.75, 3.05) is 39.8 Å². The number of rotatable bonds is 7. The Balaban J connectivity index is 0.00000529. The van der Waals surface area contributed by atoms with Gasteiger partial charge in [0.15, 0.2) is 5.96 Å². The summed E-state index contributed by atoms with van der Waals surface area (Å²) in [6, 6.07) is 0. The predicted molar refractivity (Wildman–Crippen MR) is 104 cm³/mol. The lowest BCUT2D eigenvalue weighted by atomic mass is 9.92. The molecule has 1 fully saturated rings. The molecule has 0 bridgehead atoms. The van der Waals surface area contributed by atoms with Crippen LogP contribution in [0.2, 0.25) is 0 Å². The molecule has 2 unspecified atom stereocenters. The lowest BCUT2D eigenvalue weighted by Crippen LogP contribution is -2.40. The van der Waals surface area contributed by atoms with E-state index in [0.29, 0.717) is 5.96 Å². The van der Waals surface area contributed by atoms with Crippen LogP contribution in [0.4, 0.5) is 13.2 Å². The van der Waals surface area contributed by atoms with Crippen LogP contribution in [0.3, 0.4) is 0 Å². The third kappa shape index (κ3) is 11.3. The summed E-state index contributed by atoms with van der Waals surface area (Å²) in [4.78, 5) is 6.45. The number of halogens is 4. The molecule has 0 aromatic carbocycles. The monoisotopic (exact) mass is 464 g/mol. The van der Waals surface area contributed by atoms with Crippen LogP contribution in [-0.4, -0.2) is 56.8 Å². The highest BCUT2D eigenvalue weighted by atomic mass is 127. The van der Waals surface area contributed by atoms with Crippen molar-refractivity contribution in [3.05, 3.63) is 0 Å². The van der Waals surface area contributed by atoms with Gasteiger partial charge in [-0.15, -0.1) is 24.0 Å². The zero-order valence-corrected chi connectivity index (χ0v) is 17.3. The van der Waals surface area contributed by atoms with Crippen LogP contribution in [0.1, 0.15) is 39.5 Å². The Morgan fingerprint density at radius 1 is 1.08 bits per heavy atom. The maximum atomic E-state index is 12.1. The summed E-state index contributed by atoms with van der Waals surface area (Å²) >= 11 is 0. The molecule has 0 amide bonds. The van der Waals surface area contributed by atoms with Gasteiger partial charge in [-0.3, -0.25) is 4.99 Å². The topological polar surface area (TPSA) is 39.7 Å². The minimum Gasteiger partial charge on any atom is -0.356 e. The average Bonchev–Trinajstić information content (AvgIpc) is 2.42. The Bertz CT molecular complexity index is 354. The Hall–Kier alpha value is -0.250. The smallest absolute Gasteiger partial charge is 0.356 e.